The lowest BCUT2D eigenvalue weighted by atomic mass is 10.2. The van der Waals surface area contributed by atoms with Crippen molar-refractivity contribution in [3.8, 4) is 5.75 Å². The van der Waals surface area contributed by atoms with Crippen molar-refractivity contribution < 1.29 is 14.3 Å². The van der Waals surface area contributed by atoms with Crippen molar-refractivity contribution in [2.75, 3.05) is 17.7 Å². The predicted octanol–water partition coefficient (Wildman–Crippen LogP) is 4.57. The Hall–Kier alpha value is -2.90. The molecule has 0 radical (unpaired) electrons. The molecule has 0 saturated carbocycles. The summed E-state index contributed by atoms with van der Waals surface area (Å²) in [5.41, 5.74) is 2.12. The maximum absolute atomic E-state index is 12.2. The smallest absolute Gasteiger partial charge is 0.250 e. The maximum Gasteiger partial charge on any atom is 0.250 e. The molecule has 0 aliphatic heterocycles. The standard InChI is InChI=1S/C19H16ClN3O3S/c1-11(24)21-14-5-6-15-17(10-14)27-19(22-15)23-18(25)8-3-12-9-13(20)4-7-16(12)26-2/h3-10H,1-2H3,(H,21,24)(H,22,23,25)/b8-3+. The number of thiazole rings is 1. The minimum absolute atomic E-state index is 0.144. The lowest BCUT2D eigenvalue weighted by molar-refractivity contribution is -0.114. The van der Waals surface area contributed by atoms with Crippen molar-refractivity contribution in [3.63, 3.8) is 0 Å². The summed E-state index contributed by atoms with van der Waals surface area (Å²) in [7, 11) is 1.55. The number of halogens is 1. The fraction of sp³-hybridized carbons (Fsp3) is 0.105. The number of carbonyl (C=O) groups excluding carboxylic acids is 2. The van der Waals surface area contributed by atoms with Gasteiger partial charge in [0.05, 0.1) is 17.3 Å². The van der Waals surface area contributed by atoms with Crippen LogP contribution in [-0.2, 0) is 9.59 Å². The molecule has 2 aromatic carbocycles. The number of methoxy groups -OCH3 is 1. The highest BCUT2D eigenvalue weighted by Crippen LogP contribution is 2.28. The second-order valence-corrected chi connectivity index (χ2v) is 7.06. The van der Waals surface area contributed by atoms with Gasteiger partial charge in [0.15, 0.2) is 5.13 Å². The van der Waals surface area contributed by atoms with Gasteiger partial charge in [-0.3, -0.25) is 14.9 Å². The fourth-order valence-electron chi connectivity index (χ4n) is 2.41. The number of fused-ring (bicyclic) bond motifs is 1. The van der Waals surface area contributed by atoms with Gasteiger partial charge < -0.3 is 10.1 Å². The summed E-state index contributed by atoms with van der Waals surface area (Å²) in [5, 5.41) is 6.48. The minimum Gasteiger partial charge on any atom is -0.496 e. The highest BCUT2D eigenvalue weighted by Gasteiger charge is 2.08. The van der Waals surface area contributed by atoms with E-state index in [4.69, 9.17) is 16.3 Å². The van der Waals surface area contributed by atoms with Crippen LogP contribution in [0.4, 0.5) is 10.8 Å². The third-order valence-corrected chi connectivity index (χ3v) is 4.71. The van der Waals surface area contributed by atoms with Gasteiger partial charge in [0.25, 0.3) is 0 Å². The first-order valence-electron chi connectivity index (χ1n) is 7.95. The molecule has 8 heteroatoms. The number of carbonyl (C=O) groups is 2. The van der Waals surface area contributed by atoms with Gasteiger partial charge in [-0.15, -0.1) is 0 Å². The number of ether oxygens (including phenoxy) is 1. The Kier molecular flexibility index (Phi) is 5.73. The molecule has 0 spiro atoms. The van der Waals surface area contributed by atoms with Crippen LogP contribution in [0.1, 0.15) is 12.5 Å². The number of aromatic nitrogens is 1. The zero-order chi connectivity index (χ0) is 19.4. The average Bonchev–Trinajstić information content (AvgIpc) is 3.01. The third-order valence-electron chi connectivity index (χ3n) is 3.54. The molecule has 0 aliphatic carbocycles. The molecule has 0 bridgehead atoms. The Balaban J connectivity index is 1.74. The minimum atomic E-state index is -0.321. The quantitative estimate of drug-likeness (QED) is 0.614. The van der Waals surface area contributed by atoms with Crippen LogP contribution >= 0.6 is 22.9 Å². The molecule has 3 rings (SSSR count). The van der Waals surface area contributed by atoms with Crippen LogP contribution in [0, 0.1) is 0 Å². The number of anilines is 2. The van der Waals surface area contributed by atoms with Crippen LogP contribution in [0.3, 0.4) is 0 Å². The molecule has 2 N–H and O–H groups in total. The molecule has 138 valence electrons. The molecule has 6 nitrogen and oxygen atoms in total. The van der Waals surface area contributed by atoms with Gasteiger partial charge in [0, 0.05) is 29.3 Å². The van der Waals surface area contributed by atoms with E-state index in [2.05, 4.69) is 15.6 Å². The Morgan fingerprint density at radius 3 is 2.74 bits per heavy atom. The second-order valence-electron chi connectivity index (χ2n) is 5.59. The van der Waals surface area contributed by atoms with Crippen molar-refractivity contribution >= 4 is 61.9 Å². The molecule has 0 aliphatic rings. The topological polar surface area (TPSA) is 80.3 Å². The summed E-state index contributed by atoms with van der Waals surface area (Å²) in [5.74, 6) is 0.154. The molecular weight excluding hydrogens is 386 g/mol. The highest BCUT2D eigenvalue weighted by atomic mass is 35.5. The number of hydrogen-bond donors (Lipinski definition) is 2. The van der Waals surface area contributed by atoms with Gasteiger partial charge >= 0.3 is 0 Å². The first kappa shape index (κ1) is 18.9. The fourth-order valence-corrected chi connectivity index (χ4v) is 3.50. The number of nitrogens with zero attached hydrogens (tertiary/aromatic N) is 1. The molecule has 0 fully saturated rings. The number of benzene rings is 2. The van der Waals surface area contributed by atoms with Crippen molar-refractivity contribution in [1.82, 2.24) is 4.98 Å². The number of hydrogen-bond acceptors (Lipinski definition) is 5. The van der Waals surface area contributed by atoms with Gasteiger partial charge in [-0.1, -0.05) is 22.9 Å². The summed E-state index contributed by atoms with van der Waals surface area (Å²) >= 11 is 7.31. The SMILES string of the molecule is COc1ccc(Cl)cc1/C=C/C(=O)Nc1nc2ccc(NC(C)=O)cc2s1. The monoisotopic (exact) mass is 401 g/mol. The maximum atomic E-state index is 12.2. The van der Waals surface area contributed by atoms with E-state index in [0.29, 0.717) is 27.2 Å². The molecule has 0 atom stereocenters. The van der Waals surface area contributed by atoms with E-state index >= 15 is 0 Å². The second kappa shape index (κ2) is 8.20. The molecular formula is C19H16ClN3O3S. The van der Waals surface area contributed by atoms with E-state index in [-0.39, 0.29) is 11.8 Å². The Bertz CT molecular complexity index is 1050. The summed E-state index contributed by atoms with van der Waals surface area (Å²) in [4.78, 5) is 27.7. The van der Waals surface area contributed by atoms with Gasteiger partial charge in [0.1, 0.15) is 5.75 Å². The zero-order valence-corrected chi connectivity index (χ0v) is 16.1. The first-order chi connectivity index (χ1) is 12.9. The number of rotatable bonds is 5. The summed E-state index contributed by atoms with van der Waals surface area (Å²) in [6.45, 7) is 1.45. The van der Waals surface area contributed by atoms with Gasteiger partial charge in [0.2, 0.25) is 11.8 Å². The van der Waals surface area contributed by atoms with E-state index in [1.807, 2.05) is 6.07 Å². The molecule has 2 amide bonds. The van der Waals surface area contributed by atoms with Crippen LogP contribution in [0.2, 0.25) is 5.02 Å². The number of nitrogens with one attached hydrogen (secondary N) is 2. The van der Waals surface area contributed by atoms with Crippen molar-refractivity contribution in [2.45, 2.75) is 6.92 Å². The van der Waals surface area contributed by atoms with E-state index in [9.17, 15) is 9.59 Å². The normalized spacial score (nSPS) is 10.9. The van der Waals surface area contributed by atoms with Crippen LogP contribution < -0.4 is 15.4 Å². The van der Waals surface area contributed by atoms with Crippen molar-refractivity contribution in [3.05, 3.63) is 53.1 Å². The zero-order valence-electron chi connectivity index (χ0n) is 14.6. The van der Waals surface area contributed by atoms with Crippen LogP contribution in [-0.4, -0.2) is 23.9 Å². The molecule has 1 aromatic heterocycles. The Morgan fingerprint density at radius 2 is 2.00 bits per heavy atom. The van der Waals surface area contributed by atoms with Gasteiger partial charge in [-0.25, -0.2) is 4.98 Å². The third kappa shape index (κ3) is 4.84. The summed E-state index contributed by atoms with van der Waals surface area (Å²) in [6, 6.07) is 10.5. The van der Waals surface area contributed by atoms with Crippen LogP contribution in [0.25, 0.3) is 16.3 Å². The first-order valence-corrected chi connectivity index (χ1v) is 9.15. The van der Waals surface area contributed by atoms with Crippen molar-refractivity contribution in [1.29, 1.82) is 0 Å². The lowest BCUT2D eigenvalue weighted by Crippen LogP contribution is -2.07. The van der Waals surface area contributed by atoms with E-state index in [1.54, 1.807) is 43.5 Å². The molecule has 0 saturated heterocycles. The number of amides is 2. The summed E-state index contributed by atoms with van der Waals surface area (Å²) in [6.07, 6.45) is 3.02. The highest BCUT2D eigenvalue weighted by molar-refractivity contribution is 7.22. The Labute approximate surface area is 164 Å². The van der Waals surface area contributed by atoms with Crippen LogP contribution in [0.5, 0.6) is 5.75 Å². The largest absolute Gasteiger partial charge is 0.496 e. The lowest BCUT2D eigenvalue weighted by Gasteiger charge is -2.04. The molecule has 27 heavy (non-hydrogen) atoms. The van der Waals surface area contributed by atoms with Gasteiger partial charge in [-0.2, -0.15) is 0 Å². The molecule has 3 aromatic rings. The Morgan fingerprint density at radius 1 is 1.19 bits per heavy atom. The summed E-state index contributed by atoms with van der Waals surface area (Å²) < 4.78 is 6.11. The van der Waals surface area contributed by atoms with E-state index in [0.717, 1.165) is 10.2 Å². The van der Waals surface area contributed by atoms with Crippen molar-refractivity contribution in [2.24, 2.45) is 0 Å². The molecule has 1 heterocycles. The van der Waals surface area contributed by atoms with Gasteiger partial charge in [-0.05, 0) is 42.5 Å². The van der Waals surface area contributed by atoms with Crippen LogP contribution in [0.15, 0.2) is 42.5 Å². The predicted molar refractivity (Wildman–Crippen MR) is 110 cm³/mol. The average molecular weight is 402 g/mol. The van der Waals surface area contributed by atoms with E-state index < -0.39 is 0 Å². The molecule has 0 unspecified atom stereocenters. The van der Waals surface area contributed by atoms with E-state index in [1.165, 1.54) is 24.3 Å².